The number of methoxy groups -OCH3 is 1. The van der Waals surface area contributed by atoms with E-state index < -0.39 is 29.6 Å². The molecule has 156 valence electrons. The van der Waals surface area contributed by atoms with E-state index in [2.05, 4.69) is 10.6 Å². The summed E-state index contributed by atoms with van der Waals surface area (Å²) in [5, 5.41) is 5.26. The van der Waals surface area contributed by atoms with Crippen LogP contribution in [-0.2, 0) is 17.5 Å². The van der Waals surface area contributed by atoms with E-state index in [0.29, 0.717) is 16.9 Å². The normalized spacial score (nSPS) is 12.4. The first-order valence-electron chi connectivity index (χ1n) is 9.00. The Bertz CT molecular complexity index is 849. The van der Waals surface area contributed by atoms with Crippen molar-refractivity contribution >= 4 is 11.8 Å². The molecule has 0 aliphatic heterocycles. The van der Waals surface area contributed by atoms with Crippen LogP contribution >= 0.6 is 0 Å². The maximum Gasteiger partial charge on any atom is 0.416 e. The second-order valence-corrected chi connectivity index (χ2v) is 6.84. The van der Waals surface area contributed by atoms with E-state index >= 15 is 0 Å². The van der Waals surface area contributed by atoms with E-state index in [9.17, 15) is 22.8 Å². The van der Waals surface area contributed by atoms with Gasteiger partial charge in [0.25, 0.3) is 5.91 Å². The van der Waals surface area contributed by atoms with E-state index in [1.54, 1.807) is 38.1 Å². The van der Waals surface area contributed by atoms with Crippen molar-refractivity contribution in [3.63, 3.8) is 0 Å². The molecule has 0 radical (unpaired) electrons. The van der Waals surface area contributed by atoms with E-state index in [0.717, 1.165) is 12.1 Å². The minimum Gasteiger partial charge on any atom is -0.497 e. The molecule has 0 saturated heterocycles. The van der Waals surface area contributed by atoms with Crippen LogP contribution in [0.5, 0.6) is 5.75 Å². The number of hydrogen-bond donors (Lipinski definition) is 2. The average Bonchev–Trinajstić information content (AvgIpc) is 2.69. The third kappa shape index (κ3) is 6.23. The Balaban J connectivity index is 2.03. The van der Waals surface area contributed by atoms with Crippen molar-refractivity contribution in [3.05, 3.63) is 65.2 Å². The van der Waals surface area contributed by atoms with Gasteiger partial charge in [-0.2, -0.15) is 13.2 Å². The zero-order valence-corrected chi connectivity index (χ0v) is 16.3. The topological polar surface area (TPSA) is 67.4 Å². The smallest absolute Gasteiger partial charge is 0.416 e. The number of carbonyl (C=O) groups is 2. The number of halogens is 3. The van der Waals surface area contributed by atoms with Gasteiger partial charge >= 0.3 is 6.18 Å². The minimum absolute atomic E-state index is 0.0790. The van der Waals surface area contributed by atoms with Crippen molar-refractivity contribution in [1.82, 2.24) is 10.6 Å². The molecule has 0 heterocycles. The highest BCUT2D eigenvalue weighted by molar-refractivity contribution is 5.97. The highest BCUT2D eigenvalue weighted by Crippen LogP contribution is 2.29. The molecule has 2 aromatic carbocycles. The first kappa shape index (κ1) is 22.3. The largest absolute Gasteiger partial charge is 0.497 e. The molecule has 0 aliphatic rings. The quantitative estimate of drug-likeness (QED) is 0.733. The summed E-state index contributed by atoms with van der Waals surface area (Å²) < 4.78 is 43.5. The van der Waals surface area contributed by atoms with Crippen LogP contribution in [0.4, 0.5) is 13.2 Å². The number of nitrogens with one attached hydrogen (secondary N) is 2. The van der Waals surface area contributed by atoms with Gasteiger partial charge in [0.15, 0.2) is 0 Å². The van der Waals surface area contributed by atoms with Gasteiger partial charge in [-0.3, -0.25) is 9.59 Å². The lowest BCUT2D eigenvalue weighted by Gasteiger charge is -2.22. The van der Waals surface area contributed by atoms with Crippen molar-refractivity contribution in [2.75, 3.05) is 7.11 Å². The van der Waals surface area contributed by atoms with Crippen LogP contribution in [0, 0.1) is 5.92 Å². The predicted molar refractivity (Wildman–Crippen MR) is 102 cm³/mol. The first-order valence-corrected chi connectivity index (χ1v) is 9.00. The Labute approximate surface area is 167 Å². The molecule has 1 atom stereocenters. The summed E-state index contributed by atoms with van der Waals surface area (Å²) in [5.74, 6) is -0.528. The van der Waals surface area contributed by atoms with Gasteiger partial charge in [-0.25, -0.2) is 0 Å². The molecule has 2 rings (SSSR count). The van der Waals surface area contributed by atoms with Crippen LogP contribution in [0.25, 0.3) is 0 Å². The van der Waals surface area contributed by atoms with E-state index in [1.807, 2.05) is 0 Å². The highest BCUT2D eigenvalue weighted by Gasteiger charge is 2.30. The summed E-state index contributed by atoms with van der Waals surface area (Å²) in [6.07, 6.45) is -4.45. The minimum atomic E-state index is -4.45. The predicted octanol–water partition coefficient (Wildman–Crippen LogP) is 3.78. The van der Waals surface area contributed by atoms with Gasteiger partial charge < -0.3 is 15.4 Å². The number of hydrogen-bond acceptors (Lipinski definition) is 3. The Morgan fingerprint density at radius 2 is 1.72 bits per heavy atom. The lowest BCUT2D eigenvalue weighted by atomic mass is 10.0. The first-order chi connectivity index (χ1) is 13.6. The second-order valence-electron chi connectivity index (χ2n) is 6.84. The van der Waals surface area contributed by atoms with Gasteiger partial charge in [0, 0.05) is 12.1 Å². The van der Waals surface area contributed by atoms with Crippen LogP contribution in [0.15, 0.2) is 48.5 Å². The van der Waals surface area contributed by atoms with Crippen molar-refractivity contribution in [3.8, 4) is 5.75 Å². The van der Waals surface area contributed by atoms with Crippen molar-refractivity contribution < 1.29 is 27.5 Å². The van der Waals surface area contributed by atoms with Crippen molar-refractivity contribution in [2.45, 2.75) is 32.6 Å². The Kier molecular flexibility index (Phi) is 7.25. The maximum atomic E-state index is 12.8. The molecule has 0 aromatic heterocycles. The third-order valence-electron chi connectivity index (χ3n) is 4.31. The fourth-order valence-electron chi connectivity index (χ4n) is 2.66. The van der Waals surface area contributed by atoms with Crippen LogP contribution in [-0.4, -0.2) is 25.0 Å². The zero-order valence-electron chi connectivity index (χ0n) is 16.3. The Hall–Kier alpha value is -3.03. The molecule has 5 nitrogen and oxygen atoms in total. The molecule has 0 aliphatic carbocycles. The van der Waals surface area contributed by atoms with Crippen molar-refractivity contribution in [1.29, 1.82) is 0 Å². The molecule has 2 aromatic rings. The van der Waals surface area contributed by atoms with E-state index in [1.165, 1.54) is 19.2 Å². The standard InChI is InChI=1S/C21H23F3N2O3/c1-13(2)18(26-19(27)15-7-9-17(29-3)10-8-15)20(28)25-12-14-5-4-6-16(11-14)21(22,23)24/h4-11,13,18H,12H2,1-3H3,(H,25,28)(H,26,27). The average molecular weight is 408 g/mol. The molecule has 0 bridgehead atoms. The second kappa shape index (κ2) is 9.45. The monoisotopic (exact) mass is 408 g/mol. The summed E-state index contributed by atoms with van der Waals surface area (Å²) in [5.41, 5.74) is -0.100. The lowest BCUT2D eigenvalue weighted by molar-refractivity contribution is -0.137. The van der Waals surface area contributed by atoms with Gasteiger partial charge in [0.2, 0.25) is 5.91 Å². The fraction of sp³-hybridized carbons (Fsp3) is 0.333. The summed E-state index contributed by atoms with van der Waals surface area (Å²) >= 11 is 0. The van der Waals surface area contributed by atoms with Gasteiger partial charge in [0.1, 0.15) is 11.8 Å². The number of ether oxygens (including phenoxy) is 1. The molecular weight excluding hydrogens is 385 g/mol. The van der Waals surface area contributed by atoms with Gasteiger partial charge in [-0.1, -0.05) is 26.0 Å². The van der Waals surface area contributed by atoms with Crippen LogP contribution in [0.1, 0.15) is 35.3 Å². The van der Waals surface area contributed by atoms with Gasteiger partial charge in [-0.15, -0.1) is 0 Å². The summed E-state index contributed by atoms with van der Waals surface area (Å²) in [6, 6.07) is 10.3. The van der Waals surface area contributed by atoms with Crippen molar-refractivity contribution in [2.24, 2.45) is 5.92 Å². The molecule has 2 N–H and O–H groups in total. The van der Waals surface area contributed by atoms with Crippen LogP contribution < -0.4 is 15.4 Å². The number of rotatable bonds is 7. The van der Waals surface area contributed by atoms with E-state index in [4.69, 9.17) is 4.74 Å². The molecule has 0 saturated carbocycles. The Morgan fingerprint density at radius 3 is 2.28 bits per heavy atom. The third-order valence-corrected chi connectivity index (χ3v) is 4.31. The SMILES string of the molecule is COc1ccc(C(=O)NC(C(=O)NCc2cccc(C(F)(F)F)c2)C(C)C)cc1. The van der Waals surface area contributed by atoms with Crippen LogP contribution in [0.3, 0.4) is 0 Å². The number of amides is 2. The molecule has 8 heteroatoms. The molecule has 29 heavy (non-hydrogen) atoms. The molecule has 0 spiro atoms. The highest BCUT2D eigenvalue weighted by atomic mass is 19.4. The molecule has 2 amide bonds. The number of alkyl halides is 3. The van der Waals surface area contributed by atoms with E-state index in [-0.39, 0.29) is 12.5 Å². The number of benzene rings is 2. The van der Waals surface area contributed by atoms with Gasteiger partial charge in [0.05, 0.1) is 12.7 Å². The van der Waals surface area contributed by atoms with Gasteiger partial charge in [-0.05, 0) is 47.9 Å². The van der Waals surface area contributed by atoms with Crippen LogP contribution in [0.2, 0.25) is 0 Å². The fourth-order valence-corrected chi connectivity index (χ4v) is 2.66. The molecule has 0 fully saturated rings. The summed E-state index contributed by atoms with van der Waals surface area (Å²) in [7, 11) is 1.51. The summed E-state index contributed by atoms with van der Waals surface area (Å²) in [6.45, 7) is 3.45. The summed E-state index contributed by atoms with van der Waals surface area (Å²) in [4.78, 5) is 25.0. The maximum absolute atomic E-state index is 12.8. The lowest BCUT2D eigenvalue weighted by Crippen LogP contribution is -2.49. The molecular formula is C21H23F3N2O3. The molecule has 1 unspecified atom stereocenters. The number of carbonyl (C=O) groups excluding carboxylic acids is 2. The Morgan fingerprint density at radius 1 is 1.07 bits per heavy atom. The zero-order chi connectivity index (χ0) is 21.6.